The molecule has 1 atom stereocenters. The van der Waals surface area contributed by atoms with E-state index in [-0.39, 0.29) is 0 Å². The van der Waals surface area contributed by atoms with Gasteiger partial charge < -0.3 is 20.9 Å². The van der Waals surface area contributed by atoms with Crippen LogP contribution < -0.4 is 20.9 Å². The van der Waals surface area contributed by atoms with E-state index in [1.165, 1.54) is 0 Å². The van der Waals surface area contributed by atoms with Crippen molar-refractivity contribution >= 4 is 23.1 Å². The van der Waals surface area contributed by atoms with Crippen LogP contribution in [0.2, 0.25) is 0 Å². The molecule has 94 valence electrons. The van der Waals surface area contributed by atoms with E-state index in [0.29, 0.717) is 34.7 Å². The number of hydrogen-bond donors (Lipinski definition) is 2. The number of nitrogens with two attached hydrogens (primary N) is 2. The molecule has 0 fully saturated rings. The lowest BCUT2D eigenvalue weighted by atomic mass is 10.2. The molecule has 1 aliphatic rings. The molecule has 0 amide bonds. The van der Waals surface area contributed by atoms with Crippen LogP contribution >= 0.6 is 11.8 Å². The molecular weight excluding hydrogens is 236 g/mol. The minimum absolute atomic E-state index is 0.461. The van der Waals surface area contributed by atoms with Gasteiger partial charge in [-0.25, -0.2) is 0 Å². The summed E-state index contributed by atoms with van der Waals surface area (Å²) >= 11 is 1.76. The predicted molar refractivity (Wildman–Crippen MR) is 71.9 cm³/mol. The van der Waals surface area contributed by atoms with E-state index >= 15 is 0 Å². The zero-order valence-corrected chi connectivity index (χ0v) is 11.0. The number of methoxy groups -OCH3 is 1. The fourth-order valence-electron chi connectivity index (χ4n) is 1.92. The number of anilines is 2. The number of benzene rings is 1. The van der Waals surface area contributed by atoms with Crippen LogP contribution in [0, 0.1) is 0 Å². The standard InChI is InChI=1S/C12H18N2O2S/c1-3-4-7-6-16-11-10(14)9(15-2)5-8(13)12(11)17-7/h5,7H,3-4,6,13-14H2,1-2H3. The van der Waals surface area contributed by atoms with Gasteiger partial charge in [0, 0.05) is 11.3 Å². The lowest BCUT2D eigenvalue weighted by molar-refractivity contribution is 0.297. The van der Waals surface area contributed by atoms with Crippen LogP contribution in [-0.4, -0.2) is 19.0 Å². The van der Waals surface area contributed by atoms with Crippen molar-refractivity contribution in [3.63, 3.8) is 0 Å². The van der Waals surface area contributed by atoms with Gasteiger partial charge in [-0.3, -0.25) is 0 Å². The van der Waals surface area contributed by atoms with Gasteiger partial charge >= 0.3 is 0 Å². The number of rotatable bonds is 3. The Morgan fingerprint density at radius 2 is 2.29 bits per heavy atom. The largest absolute Gasteiger partial charge is 0.494 e. The van der Waals surface area contributed by atoms with Crippen molar-refractivity contribution in [3.05, 3.63) is 6.07 Å². The van der Waals surface area contributed by atoms with E-state index in [0.717, 1.165) is 17.7 Å². The summed E-state index contributed by atoms with van der Waals surface area (Å²) in [6.07, 6.45) is 2.26. The van der Waals surface area contributed by atoms with E-state index in [4.69, 9.17) is 20.9 Å². The molecule has 1 aromatic carbocycles. The third-order valence-corrected chi connectivity index (χ3v) is 4.16. The molecule has 1 aromatic rings. The molecule has 4 N–H and O–H groups in total. The molecule has 0 saturated heterocycles. The second-order valence-corrected chi connectivity index (χ2v) is 5.39. The summed E-state index contributed by atoms with van der Waals surface area (Å²) in [6.45, 7) is 2.85. The molecule has 1 unspecified atom stereocenters. The van der Waals surface area contributed by atoms with Gasteiger partial charge in [0.25, 0.3) is 0 Å². The molecule has 0 radical (unpaired) electrons. The predicted octanol–water partition coefficient (Wildman–Crippen LogP) is 2.51. The first kappa shape index (κ1) is 12.2. The maximum atomic E-state index is 6.01. The zero-order valence-electron chi connectivity index (χ0n) is 10.2. The summed E-state index contributed by atoms with van der Waals surface area (Å²) in [4.78, 5) is 0.952. The zero-order chi connectivity index (χ0) is 12.4. The van der Waals surface area contributed by atoms with E-state index in [9.17, 15) is 0 Å². The van der Waals surface area contributed by atoms with Crippen LogP contribution in [-0.2, 0) is 0 Å². The average Bonchev–Trinajstić information content (AvgIpc) is 2.34. The summed E-state index contributed by atoms with van der Waals surface area (Å²) in [6, 6.07) is 1.76. The SMILES string of the molecule is CCCC1COc2c(N)c(OC)cc(N)c2S1. The van der Waals surface area contributed by atoms with Crippen molar-refractivity contribution in [1.82, 2.24) is 0 Å². The Balaban J connectivity index is 2.36. The molecule has 0 spiro atoms. The lowest BCUT2D eigenvalue weighted by Gasteiger charge is -2.27. The van der Waals surface area contributed by atoms with E-state index in [1.807, 2.05) is 0 Å². The summed E-state index contributed by atoms with van der Waals surface area (Å²) in [5.74, 6) is 1.26. The van der Waals surface area contributed by atoms with Gasteiger partial charge in [-0.05, 0) is 6.42 Å². The Kier molecular flexibility index (Phi) is 3.57. The maximum Gasteiger partial charge on any atom is 0.161 e. The molecule has 2 rings (SSSR count). The second kappa shape index (κ2) is 4.96. The Morgan fingerprint density at radius 3 is 2.94 bits per heavy atom. The van der Waals surface area contributed by atoms with Crippen molar-refractivity contribution < 1.29 is 9.47 Å². The first-order valence-corrected chi connectivity index (χ1v) is 6.60. The minimum atomic E-state index is 0.461. The highest BCUT2D eigenvalue weighted by Crippen LogP contribution is 2.49. The quantitative estimate of drug-likeness (QED) is 0.811. The topological polar surface area (TPSA) is 70.5 Å². The Morgan fingerprint density at radius 1 is 1.53 bits per heavy atom. The monoisotopic (exact) mass is 254 g/mol. The smallest absolute Gasteiger partial charge is 0.161 e. The molecule has 5 heteroatoms. The van der Waals surface area contributed by atoms with Crippen molar-refractivity contribution in [2.24, 2.45) is 0 Å². The fourth-order valence-corrected chi connectivity index (χ4v) is 3.22. The van der Waals surface area contributed by atoms with Crippen LogP contribution in [0.1, 0.15) is 19.8 Å². The second-order valence-electron chi connectivity index (χ2n) is 4.08. The number of thioether (sulfide) groups is 1. The highest BCUT2D eigenvalue weighted by molar-refractivity contribution is 8.00. The van der Waals surface area contributed by atoms with Gasteiger partial charge in [-0.2, -0.15) is 0 Å². The van der Waals surface area contributed by atoms with Gasteiger partial charge in [0.05, 0.1) is 17.7 Å². The van der Waals surface area contributed by atoms with Crippen LogP contribution in [0.5, 0.6) is 11.5 Å². The molecule has 0 aromatic heterocycles. The van der Waals surface area contributed by atoms with Gasteiger partial charge in [-0.15, -0.1) is 11.8 Å². The third kappa shape index (κ3) is 2.24. The van der Waals surface area contributed by atoms with Gasteiger partial charge in [0.15, 0.2) is 5.75 Å². The first-order chi connectivity index (χ1) is 8.17. The highest BCUT2D eigenvalue weighted by atomic mass is 32.2. The van der Waals surface area contributed by atoms with E-state index in [1.54, 1.807) is 24.9 Å². The molecule has 1 heterocycles. The van der Waals surface area contributed by atoms with Crippen LogP contribution in [0.25, 0.3) is 0 Å². The Bertz CT molecular complexity index is 423. The van der Waals surface area contributed by atoms with E-state index < -0.39 is 0 Å². The van der Waals surface area contributed by atoms with Crippen molar-refractivity contribution in [1.29, 1.82) is 0 Å². The first-order valence-electron chi connectivity index (χ1n) is 5.72. The van der Waals surface area contributed by atoms with Crippen LogP contribution in [0.3, 0.4) is 0 Å². The molecule has 4 nitrogen and oxygen atoms in total. The molecular formula is C12H18N2O2S. The minimum Gasteiger partial charge on any atom is -0.494 e. The molecule has 0 saturated carbocycles. The fraction of sp³-hybridized carbons (Fsp3) is 0.500. The summed E-state index contributed by atoms with van der Waals surface area (Å²) in [5.41, 5.74) is 13.2. The lowest BCUT2D eigenvalue weighted by Crippen LogP contribution is -2.20. The average molecular weight is 254 g/mol. The Labute approximate surface area is 106 Å². The molecule has 17 heavy (non-hydrogen) atoms. The van der Waals surface area contributed by atoms with Gasteiger partial charge in [-0.1, -0.05) is 13.3 Å². The molecule has 1 aliphatic heterocycles. The number of ether oxygens (including phenoxy) is 2. The molecule has 0 aliphatic carbocycles. The van der Waals surface area contributed by atoms with Crippen molar-refractivity contribution in [2.45, 2.75) is 29.9 Å². The third-order valence-electron chi connectivity index (χ3n) is 2.79. The van der Waals surface area contributed by atoms with Gasteiger partial charge in [0.1, 0.15) is 18.0 Å². The number of fused-ring (bicyclic) bond motifs is 1. The normalized spacial score (nSPS) is 18.4. The maximum absolute atomic E-state index is 6.01. The van der Waals surface area contributed by atoms with E-state index in [2.05, 4.69) is 6.92 Å². The Hall–Kier alpha value is -1.23. The summed E-state index contributed by atoms with van der Waals surface area (Å²) in [7, 11) is 1.58. The number of nitrogen functional groups attached to an aromatic ring is 2. The highest BCUT2D eigenvalue weighted by Gasteiger charge is 2.26. The van der Waals surface area contributed by atoms with Crippen molar-refractivity contribution in [2.75, 3.05) is 25.2 Å². The van der Waals surface area contributed by atoms with Crippen LogP contribution in [0.4, 0.5) is 11.4 Å². The number of hydrogen-bond acceptors (Lipinski definition) is 5. The van der Waals surface area contributed by atoms with Gasteiger partial charge in [0.2, 0.25) is 0 Å². The summed E-state index contributed by atoms with van der Waals surface area (Å²) in [5, 5.41) is 0.461. The molecule has 0 bridgehead atoms. The summed E-state index contributed by atoms with van der Waals surface area (Å²) < 4.78 is 10.9. The van der Waals surface area contributed by atoms with Crippen molar-refractivity contribution in [3.8, 4) is 11.5 Å². The van der Waals surface area contributed by atoms with Crippen LogP contribution in [0.15, 0.2) is 11.0 Å².